The van der Waals surface area contributed by atoms with Crippen molar-refractivity contribution in [1.29, 1.82) is 0 Å². The zero-order valence-electron chi connectivity index (χ0n) is 19.3. The molecule has 1 fully saturated rings. The summed E-state index contributed by atoms with van der Waals surface area (Å²) in [4.78, 5) is 10.6. The smallest absolute Gasteiger partial charge is 0.349 e. The molecule has 38 heavy (non-hydrogen) atoms. The van der Waals surface area contributed by atoms with E-state index >= 15 is 4.39 Å². The Morgan fingerprint density at radius 2 is 1.45 bits per heavy atom. The Morgan fingerprint density at radius 1 is 0.895 bits per heavy atom. The summed E-state index contributed by atoms with van der Waals surface area (Å²) in [6.45, 7) is 0. The van der Waals surface area contributed by atoms with Crippen molar-refractivity contribution in [2.75, 3.05) is 6.26 Å². The highest BCUT2D eigenvalue weighted by atomic mass is 32.2. The lowest BCUT2D eigenvalue weighted by molar-refractivity contribution is -0.138. The molecule has 0 spiro atoms. The number of halogens is 8. The summed E-state index contributed by atoms with van der Waals surface area (Å²) in [7, 11) is -9.42. The predicted molar refractivity (Wildman–Crippen MR) is 117 cm³/mol. The maximum absolute atomic E-state index is 15.5. The Balaban J connectivity index is 1.81. The lowest BCUT2D eigenvalue weighted by Crippen LogP contribution is -2.45. The van der Waals surface area contributed by atoms with E-state index in [2.05, 4.69) is 5.32 Å². The number of benzene rings is 2. The highest BCUT2D eigenvalue weighted by Crippen LogP contribution is 2.42. The molecule has 0 aliphatic heterocycles. The first-order chi connectivity index (χ1) is 17.1. The molecular formula is C22H19F8NO5S2. The molecule has 0 atom stereocenters. The highest BCUT2D eigenvalue weighted by molar-refractivity contribution is 7.92. The van der Waals surface area contributed by atoms with Crippen molar-refractivity contribution in [2.45, 2.75) is 58.9 Å². The molecule has 1 aliphatic rings. The van der Waals surface area contributed by atoms with Gasteiger partial charge in [-0.2, -0.15) is 26.3 Å². The third-order valence-corrected chi connectivity index (χ3v) is 9.38. The minimum atomic E-state index is -5.12. The molecule has 1 aliphatic carbocycles. The number of hydrogen-bond acceptors (Lipinski definition) is 5. The topological polar surface area (TPSA) is 97.4 Å². The average Bonchev–Trinajstić information content (AvgIpc) is 2.78. The van der Waals surface area contributed by atoms with Gasteiger partial charge in [0.15, 0.2) is 9.84 Å². The molecule has 0 radical (unpaired) electrons. The van der Waals surface area contributed by atoms with Gasteiger partial charge in [-0.3, -0.25) is 4.79 Å². The third-order valence-electron chi connectivity index (χ3n) is 6.01. The van der Waals surface area contributed by atoms with Gasteiger partial charge >= 0.3 is 12.4 Å². The summed E-state index contributed by atoms with van der Waals surface area (Å²) in [5.74, 6) is -2.65. The summed E-state index contributed by atoms with van der Waals surface area (Å²) in [6.07, 6.45) is -11.8. The van der Waals surface area contributed by atoms with E-state index in [-0.39, 0.29) is 31.0 Å². The normalized spacial score (nSPS) is 21.2. The van der Waals surface area contributed by atoms with Gasteiger partial charge in [-0.05, 0) is 62.1 Å². The van der Waals surface area contributed by atoms with Crippen LogP contribution in [0.25, 0.3) is 0 Å². The standard InChI is InChI=1S/C22H19F8NO5S2/c1-37(33,34)18-10-12(21(25,26)27)2-3-17(18)19(32)31-15-4-6-20(24,7-5-15)38(35,36)16-9-13(22(28,29)30)8-14(23)11-16/h2-3,8-11,15H,4-7H2,1H3,(H,31,32)/t15-,20+. The molecule has 2 aromatic carbocycles. The fourth-order valence-corrected chi connectivity index (χ4v) is 6.66. The van der Waals surface area contributed by atoms with Crippen LogP contribution in [0.5, 0.6) is 0 Å². The summed E-state index contributed by atoms with van der Waals surface area (Å²) in [6, 6.07) is 0.930. The number of rotatable bonds is 5. The molecule has 2 aromatic rings. The summed E-state index contributed by atoms with van der Waals surface area (Å²) < 4.78 is 157. The van der Waals surface area contributed by atoms with Gasteiger partial charge in [0.1, 0.15) is 5.82 Å². The van der Waals surface area contributed by atoms with Crippen LogP contribution in [-0.4, -0.2) is 40.0 Å². The molecule has 1 saturated carbocycles. The molecule has 210 valence electrons. The van der Waals surface area contributed by atoms with Crippen LogP contribution in [-0.2, 0) is 32.0 Å². The summed E-state index contributed by atoms with van der Waals surface area (Å²) in [5, 5.41) is -0.782. The first-order valence-corrected chi connectivity index (χ1v) is 14.1. The number of carbonyl (C=O) groups is 1. The number of amides is 1. The molecule has 3 rings (SSSR count). The van der Waals surface area contributed by atoms with Gasteiger partial charge in [0, 0.05) is 12.3 Å². The first-order valence-electron chi connectivity index (χ1n) is 10.7. The first kappa shape index (κ1) is 29.8. The average molecular weight is 594 g/mol. The lowest BCUT2D eigenvalue weighted by Gasteiger charge is -2.34. The lowest BCUT2D eigenvalue weighted by atomic mass is 9.93. The minimum Gasteiger partial charge on any atom is -0.349 e. The quantitative estimate of drug-likeness (QED) is 0.488. The van der Waals surface area contributed by atoms with Crippen molar-refractivity contribution in [3.05, 3.63) is 58.9 Å². The van der Waals surface area contributed by atoms with Gasteiger partial charge in [0.25, 0.3) is 5.91 Å². The molecule has 1 amide bonds. The van der Waals surface area contributed by atoms with E-state index in [0.29, 0.717) is 24.5 Å². The maximum Gasteiger partial charge on any atom is 0.416 e. The fraction of sp³-hybridized carbons (Fsp3) is 0.409. The van der Waals surface area contributed by atoms with Crippen LogP contribution in [0.1, 0.15) is 47.2 Å². The molecule has 0 heterocycles. The number of nitrogens with one attached hydrogen (secondary N) is 1. The van der Waals surface area contributed by atoms with Gasteiger partial charge in [-0.15, -0.1) is 0 Å². The van der Waals surface area contributed by atoms with E-state index in [1.807, 2.05) is 0 Å². The van der Waals surface area contributed by atoms with Crippen LogP contribution >= 0.6 is 0 Å². The Kier molecular flexibility index (Phi) is 7.66. The molecule has 0 aromatic heterocycles. The van der Waals surface area contributed by atoms with E-state index in [1.165, 1.54) is 0 Å². The third kappa shape index (κ3) is 6.11. The molecule has 1 N–H and O–H groups in total. The van der Waals surface area contributed by atoms with Gasteiger partial charge in [-0.25, -0.2) is 25.6 Å². The molecule has 0 bridgehead atoms. The zero-order chi connectivity index (χ0) is 28.9. The van der Waals surface area contributed by atoms with Crippen LogP contribution in [0.4, 0.5) is 35.1 Å². The van der Waals surface area contributed by atoms with Crippen molar-refractivity contribution in [3.8, 4) is 0 Å². The Bertz CT molecular complexity index is 1460. The fourth-order valence-electron chi connectivity index (χ4n) is 4.01. The van der Waals surface area contributed by atoms with E-state index in [4.69, 9.17) is 0 Å². The predicted octanol–water partition coefficient (Wildman–Crippen LogP) is 5.08. The summed E-state index contributed by atoms with van der Waals surface area (Å²) in [5.41, 5.74) is -3.56. The van der Waals surface area contributed by atoms with Gasteiger partial charge < -0.3 is 5.32 Å². The van der Waals surface area contributed by atoms with Crippen molar-refractivity contribution in [1.82, 2.24) is 5.32 Å². The number of carbonyl (C=O) groups excluding carboxylic acids is 1. The molecular weight excluding hydrogens is 574 g/mol. The van der Waals surface area contributed by atoms with Gasteiger partial charge in [0.05, 0.1) is 26.5 Å². The van der Waals surface area contributed by atoms with Gasteiger partial charge in [0.2, 0.25) is 14.8 Å². The maximum atomic E-state index is 15.5. The summed E-state index contributed by atoms with van der Waals surface area (Å²) >= 11 is 0. The van der Waals surface area contributed by atoms with E-state index in [1.54, 1.807) is 0 Å². The molecule has 0 saturated heterocycles. The number of hydrogen-bond donors (Lipinski definition) is 1. The molecule has 16 heteroatoms. The van der Waals surface area contributed by atoms with Crippen molar-refractivity contribution >= 4 is 25.6 Å². The second-order valence-corrected chi connectivity index (χ2v) is 13.0. The largest absolute Gasteiger partial charge is 0.416 e. The van der Waals surface area contributed by atoms with Crippen LogP contribution < -0.4 is 5.32 Å². The van der Waals surface area contributed by atoms with Gasteiger partial charge in [-0.1, -0.05) is 0 Å². The monoisotopic (exact) mass is 593 g/mol. The highest BCUT2D eigenvalue weighted by Gasteiger charge is 2.49. The van der Waals surface area contributed by atoms with Crippen molar-refractivity contribution in [2.24, 2.45) is 0 Å². The Labute approximate surface area is 211 Å². The number of sulfone groups is 2. The van der Waals surface area contributed by atoms with E-state index in [0.717, 1.165) is 0 Å². The second-order valence-electron chi connectivity index (χ2n) is 8.79. The number of alkyl halides is 7. The molecule has 0 unspecified atom stereocenters. The van der Waals surface area contributed by atoms with Crippen molar-refractivity contribution < 1.29 is 56.8 Å². The van der Waals surface area contributed by atoms with E-state index < -0.39 is 94.1 Å². The second kappa shape index (κ2) is 9.77. The van der Waals surface area contributed by atoms with E-state index in [9.17, 15) is 52.4 Å². The van der Waals surface area contributed by atoms with Crippen LogP contribution in [0.15, 0.2) is 46.2 Å². The SMILES string of the molecule is CS(=O)(=O)c1cc(C(F)(F)F)ccc1C(=O)N[C@H]1CC[C@@](F)(S(=O)(=O)c2cc(F)cc(C(F)(F)F)c2)CC1. The van der Waals surface area contributed by atoms with Crippen LogP contribution in [0.3, 0.4) is 0 Å². The zero-order valence-corrected chi connectivity index (χ0v) is 20.9. The van der Waals surface area contributed by atoms with Crippen LogP contribution in [0.2, 0.25) is 0 Å². The van der Waals surface area contributed by atoms with Crippen LogP contribution in [0, 0.1) is 5.82 Å². The Hall–Kier alpha value is -2.75. The minimum absolute atomic E-state index is 0.0579. The molecule has 6 nitrogen and oxygen atoms in total. The van der Waals surface area contributed by atoms with Crippen molar-refractivity contribution in [3.63, 3.8) is 0 Å². The Morgan fingerprint density at radius 3 is 1.95 bits per heavy atom.